The summed E-state index contributed by atoms with van der Waals surface area (Å²) in [6.45, 7) is 6.10. The first-order chi connectivity index (χ1) is 9.85. The minimum Gasteiger partial charge on any atom is -0.497 e. The molecule has 5 heteroatoms. The van der Waals surface area contributed by atoms with Gasteiger partial charge in [0.1, 0.15) is 17.4 Å². The molecule has 5 nitrogen and oxygen atoms in total. The van der Waals surface area contributed by atoms with E-state index in [-0.39, 0.29) is 17.0 Å². The number of benzene rings is 1. The summed E-state index contributed by atoms with van der Waals surface area (Å²) < 4.78 is 5.14. The monoisotopic (exact) mass is 287 g/mol. The van der Waals surface area contributed by atoms with Crippen LogP contribution in [0.4, 0.5) is 0 Å². The van der Waals surface area contributed by atoms with Gasteiger partial charge in [-0.1, -0.05) is 12.1 Å². The molecular weight excluding hydrogens is 266 g/mol. The van der Waals surface area contributed by atoms with E-state index in [0.29, 0.717) is 6.54 Å². The first-order valence-electron chi connectivity index (χ1n) is 6.65. The van der Waals surface area contributed by atoms with Crippen LogP contribution in [0.2, 0.25) is 0 Å². The van der Waals surface area contributed by atoms with Crippen molar-refractivity contribution in [2.24, 2.45) is 0 Å². The number of nitriles is 1. The number of hydrogen-bond acceptors (Lipinski definition) is 4. The molecule has 0 aliphatic carbocycles. The van der Waals surface area contributed by atoms with Crippen LogP contribution in [-0.2, 0) is 11.3 Å². The van der Waals surface area contributed by atoms with Gasteiger partial charge in [0.05, 0.1) is 7.11 Å². The summed E-state index contributed by atoms with van der Waals surface area (Å²) in [5.74, 6) is 0.382. The zero-order chi connectivity index (χ0) is 15.9. The molecule has 1 rings (SSSR count). The van der Waals surface area contributed by atoms with E-state index in [2.05, 4.69) is 10.6 Å². The minimum absolute atomic E-state index is 0.0489. The highest BCUT2D eigenvalue weighted by Crippen LogP contribution is 2.12. The number of carbonyl (C=O) groups excluding carboxylic acids is 1. The van der Waals surface area contributed by atoms with Crippen molar-refractivity contribution in [1.29, 1.82) is 5.26 Å². The van der Waals surface area contributed by atoms with Crippen LogP contribution in [0, 0.1) is 11.3 Å². The molecule has 0 bridgehead atoms. The summed E-state index contributed by atoms with van der Waals surface area (Å²) in [6, 6.07) is 9.47. The van der Waals surface area contributed by atoms with Crippen molar-refractivity contribution in [1.82, 2.24) is 10.6 Å². The summed E-state index contributed by atoms with van der Waals surface area (Å²) in [6.07, 6.45) is 1.43. The van der Waals surface area contributed by atoms with Crippen LogP contribution in [0.5, 0.6) is 5.75 Å². The summed E-state index contributed by atoms with van der Waals surface area (Å²) in [5, 5.41) is 14.8. The third kappa shape index (κ3) is 6.00. The molecule has 0 aromatic heterocycles. The second-order valence-corrected chi connectivity index (χ2v) is 5.61. The Bertz CT molecular complexity index is 566. The fraction of sp³-hybridized carbons (Fsp3) is 0.375. The molecule has 0 spiro atoms. The van der Waals surface area contributed by atoms with E-state index in [4.69, 9.17) is 10.00 Å². The highest BCUT2D eigenvalue weighted by atomic mass is 16.5. The Labute approximate surface area is 125 Å². The third-order valence-corrected chi connectivity index (χ3v) is 2.54. The molecule has 0 saturated carbocycles. The predicted octanol–water partition coefficient (Wildman–Crippen LogP) is 2.11. The van der Waals surface area contributed by atoms with Crippen molar-refractivity contribution >= 4 is 5.91 Å². The highest BCUT2D eigenvalue weighted by molar-refractivity contribution is 5.97. The number of rotatable bonds is 5. The standard InChI is InChI=1S/C16H21N3O2/c1-16(2,3)19-15(20)13(9-17)11-18-10-12-6-5-7-14(8-12)21-4/h5-8,11,18H,10H2,1-4H3,(H,19,20)/b13-11-. The van der Waals surface area contributed by atoms with Gasteiger partial charge in [0, 0.05) is 18.3 Å². The summed E-state index contributed by atoms with van der Waals surface area (Å²) >= 11 is 0. The Balaban J connectivity index is 2.65. The Morgan fingerprint density at radius 2 is 2.14 bits per heavy atom. The molecule has 112 valence electrons. The van der Waals surface area contributed by atoms with E-state index >= 15 is 0 Å². The molecule has 0 radical (unpaired) electrons. The quantitative estimate of drug-likeness (QED) is 0.642. The average molecular weight is 287 g/mol. The molecule has 0 fully saturated rings. The number of hydrogen-bond donors (Lipinski definition) is 2. The van der Waals surface area contributed by atoms with Crippen LogP contribution >= 0.6 is 0 Å². The maximum atomic E-state index is 11.9. The zero-order valence-electron chi connectivity index (χ0n) is 12.9. The number of amides is 1. The summed E-state index contributed by atoms with van der Waals surface area (Å²) in [4.78, 5) is 11.9. The smallest absolute Gasteiger partial charge is 0.263 e. The lowest BCUT2D eigenvalue weighted by Gasteiger charge is -2.20. The van der Waals surface area contributed by atoms with E-state index < -0.39 is 0 Å². The molecule has 0 atom stereocenters. The van der Waals surface area contributed by atoms with Crippen LogP contribution in [0.1, 0.15) is 26.3 Å². The van der Waals surface area contributed by atoms with Gasteiger partial charge in [0.25, 0.3) is 5.91 Å². The lowest BCUT2D eigenvalue weighted by molar-refractivity contribution is -0.118. The van der Waals surface area contributed by atoms with Gasteiger partial charge >= 0.3 is 0 Å². The molecule has 0 heterocycles. The first-order valence-corrected chi connectivity index (χ1v) is 6.65. The van der Waals surface area contributed by atoms with E-state index in [0.717, 1.165) is 11.3 Å². The number of carbonyl (C=O) groups is 1. The van der Waals surface area contributed by atoms with Gasteiger partial charge in [0.2, 0.25) is 0 Å². The molecule has 2 N–H and O–H groups in total. The lowest BCUT2D eigenvalue weighted by atomic mass is 10.1. The molecule has 0 aliphatic heterocycles. The van der Waals surface area contributed by atoms with Crippen molar-refractivity contribution in [2.45, 2.75) is 32.9 Å². The average Bonchev–Trinajstić information content (AvgIpc) is 2.42. The van der Waals surface area contributed by atoms with Crippen LogP contribution < -0.4 is 15.4 Å². The normalized spacial score (nSPS) is 11.5. The van der Waals surface area contributed by atoms with Crippen molar-refractivity contribution in [3.05, 3.63) is 41.6 Å². The maximum absolute atomic E-state index is 11.9. The topological polar surface area (TPSA) is 74.1 Å². The Hall–Kier alpha value is -2.48. The molecule has 1 amide bonds. The molecule has 21 heavy (non-hydrogen) atoms. The van der Waals surface area contributed by atoms with Crippen LogP contribution in [-0.4, -0.2) is 18.6 Å². The molecule has 1 aromatic carbocycles. The van der Waals surface area contributed by atoms with Crippen LogP contribution in [0.15, 0.2) is 36.0 Å². The first kappa shape index (κ1) is 16.6. The van der Waals surface area contributed by atoms with Gasteiger partial charge in [-0.2, -0.15) is 5.26 Å². The Morgan fingerprint density at radius 3 is 2.71 bits per heavy atom. The van der Waals surface area contributed by atoms with Crippen LogP contribution in [0.25, 0.3) is 0 Å². The second-order valence-electron chi connectivity index (χ2n) is 5.61. The molecule has 0 saturated heterocycles. The van der Waals surface area contributed by atoms with E-state index in [9.17, 15) is 4.79 Å². The number of nitrogens with one attached hydrogen (secondary N) is 2. The lowest BCUT2D eigenvalue weighted by Crippen LogP contribution is -2.41. The van der Waals surface area contributed by atoms with Gasteiger partial charge in [0.15, 0.2) is 0 Å². The summed E-state index contributed by atoms with van der Waals surface area (Å²) in [5.41, 5.74) is 0.673. The molecule has 0 unspecified atom stereocenters. The van der Waals surface area contributed by atoms with Crippen LogP contribution in [0.3, 0.4) is 0 Å². The van der Waals surface area contributed by atoms with Crippen molar-refractivity contribution in [3.8, 4) is 11.8 Å². The SMILES string of the molecule is COc1cccc(CN/C=C(/C#N)C(=O)NC(C)(C)C)c1. The largest absolute Gasteiger partial charge is 0.497 e. The fourth-order valence-electron chi connectivity index (χ4n) is 1.61. The minimum atomic E-state index is -0.386. The van der Waals surface area contributed by atoms with Crippen molar-refractivity contribution in [2.75, 3.05) is 7.11 Å². The molecule has 1 aromatic rings. The van der Waals surface area contributed by atoms with Gasteiger partial charge in [-0.15, -0.1) is 0 Å². The molecular formula is C16H21N3O2. The van der Waals surface area contributed by atoms with E-state index in [1.807, 2.05) is 51.1 Å². The summed E-state index contributed by atoms with van der Waals surface area (Å²) in [7, 11) is 1.61. The van der Waals surface area contributed by atoms with Crippen molar-refractivity contribution in [3.63, 3.8) is 0 Å². The predicted molar refractivity (Wildman–Crippen MR) is 81.4 cm³/mol. The van der Waals surface area contributed by atoms with E-state index in [1.165, 1.54) is 6.20 Å². The number of nitrogens with zero attached hydrogens (tertiary/aromatic N) is 1. The fourth-order valence-corrected chi connectivity index (χ4v) is 1.61. The van der Waals surface area contributed by atoms with Gasteiger partial charge in [-0.25, -0.2) is 0 Å². The second kappa shape index (κ2) is 7.34. The van der Waals surface area contributed by atoms with Crippen molar-refractivity contribution < 1.29 is 9.53 Å². The highest BCUT2D eigenvalue weighted by Gasteiger charge is 2.16. The number of ether oxygens (including phenoxy) is 1. The zero-order valence-corrected chi connectivity index (χ0v) is 12.9. The van der Waals surface area contributed by atoms with Gasteiger partial charge in [-0.05, 0) is 38.5 Å². The van der Waals surface area contributed by atoms with E-state index in [1.54, 1.807) is 7.11 Å². The number of methoxy groups -OCH3 is 1. The Morgan fingerprint density at radius 1 is 1.43 bits per heavy atom. The van der Waals surface area contributed by atoms with Gasteiger partial charge in [-0.3, -0.25) is 4.79 Å². The molecule has 0 aliphatic rings. The van der Waals surface area contributed by atoms with Gasteiger partial charge < -0.3 is 15.4 Å². The third-order valence-electron chi connectivity index (χ3n) is 2.54. The Kier molecular flexibility index (Phi) is 5.79. The maximum Gasteiger partial charge on any atom is 0.263 e.